The lowest BCUT2D eigenvalue weighted by molar-refractivity contribution is 0.0526. The highest BCUT2D eigenvalue weighted by molar-refractivity contribution is 5.97. The van der Waals surface area contributed by atoms with Crippen molar-refractivity contribution in [1.82, 2.24) is 0 Å². The second-order valence-electron chi connectivity index (χ2n) is 4.44. The van der Waals surface area contributed by atoms with Crippen molar-refractivity contribution < 1.29 is 24.1 Å². The van der Waals surface area contributed by atoms with Crippen LogP contribution in [-0.2, 0) is 4.74 Å². The summed E-state index contributed by atoms with van der Waals surface area (Å²) in [5, 5.41) is 10.5. The molecule has 1 heterocycles. The third kappa shape index (κ3) is 2.14. The van der Waals surface area contributed by atoms with Crippen molar-refractivity contribution in [3.05, 3.63) is 40.1 Å². The van der Waals surface area contributed by atoms with Gasteiger partial charge in [0.05, 0.1) is 17.6 Å². The number of fused-ring (bicyclic) bond motifs is 3. The van der Waals surface area contributed by atoms with Crippen molar-refractivity contribution in [1.29, 1.82) is 0 Å². The topological polar surface area (TPSA) is 82.1 Å². The summed E-state index contributed by atoms with van der Waals surface area (Å²) in [5.74, 6) is -0.444. The van der Waals surface area contributed by atoms with Crippen molar-refractivity contribution in [2.75, 3.05) is 13.4 Å². The summed E-state index contributed by atoms with van der Waals surface area (Å²) in [5.41, 5.74) is -0.525. The SMILES string of the molecule is CCOC(=O)c1cc(O)c(=O)c2c3c(ccc2c1)OCO3. The van der Waals surface area contributed by atoms with Gasteiger partial charge in [-0.15, -0.1) is 0 Å². The maximum Gasteiger partial charge on any atom is 0.338 e. The average molecular weight is 288 g/mol. The van der Waals surface area contributed by atoms with Gasteiger partial charge in [-0.3, -0.25) is 4.79 Å². The van der Waals surface area contributed by atoms with Gasteiger partial charge >= 0.3 is 5.97 Å². The highest BCUT2D eigenvalue weighted by Crippen LogP contribution is 2.37. The van der Waals surface area contributed by atoms with Gasteiger partial charge in [0.15, 0.2) is 17.2 Å². The lowest BCUT2D eigenvalue weighted by Gasteiger charge is -2.00. The molecule has 0 spiro atoms. The molecule has 0 saturated carbocycles. The maximum absolute atomic E-state index is 12.3. The number of carbonyl (C=O) groups is 1. The summed E-state index contributed by atoms with van der Waals surface area (Å²) in [6.45, 7) is 1.89. The minimum absolute atomic E-state index is 0.0119. The first kappa shape index (κ1) is 13.2. The molecule has 0 aliphatic carbocycles. The van der Waals surface area contributed by atoms with E-state index in [4.69, 9.17) is 14.2 Å². The Morgan fingerprint density at radius 2 is 2.14 bits per heavy atom. The number of ether oxygens (including phenoxy) is 3. The first-order valence-corrected chi connectivity index (χ1v) is 6.38. The fourth-order valence-electron chi connectivity index (χ4n) is 2.22. The van der Waals surface area contributed by atoms with E-state index in [-0.39, 0.29) is 30.1 Å². The highest BCUT2D eigenvalue weighted by atomic mass is 16.7. The zero-order valence-electron chi connectivity index (χ0n) is 11.2. The molecule has 2 aromatic carbocycles. The third-order valence-corrected chi connectivity index (χ3v) is 3.15. The molecule has 0 radical (unpaired) electrons. The lowest BCUT2D eigenvalue weighted by atomic mass is 10.1. The van der Waals surface area contributed by atoms with Crippen molar-refractivity contribution in [2.24, 2.45) is 0 Å². The van der Waals surface area contributed by atoms with Crippen LogP contribution < -0.4 is 14.9 Å². The monoisotopic (exact) mass is 288 g/mol. The van der Waals surface area contributed by atoms with Gasteiger partial charge in [-0.2, -0.15) is 0 Å². The predicted molar refractivity (Wildman–Crippen MR) is 74.0 cm³/mol. The zero-order chi connectivity index (χ0) is 15.0. The molecule has 0 bridgehead atoms. The van der Waals surface area contributed by atoms with Crippen LogP contribution in [0.4, 0.5) is 0 Å². The summed E-state index contributed by atoms with van der Waals surface area (Å²) in [6.07, 6.45) is 0. The molecule has 0 atom stereocenters. The smallest absolute Gasteiger partial charge is 0.338 e. The standard InChI is InChI=1S/C15H12O6/c1-2-19-15(18)9-5-8-3-4-11-14(21-7-20-11)12(8)13(17)10(16)6-9/h3-6H,2,7H2,1H3,(H,16,17). The molecule has 0 unspecified atom stereocenters. The maximum atomic E-state index is 12.3. The predicted octanol–water partition coefficient (Wildman–Crippen LogP) is 1.81. The fourth-order valence-corrected chi connectivity index (χ4v) is 2.22. The largest absolute Gasteiger partial charge is 0.504 e. The van der Waals surface area contributed by atoms with Crippen LogP contribution in [-0.4, -0.2) is 24.5 Å². The van der Waals surface area contributed by atoms with E-state index in [2.05, 4.69) is 0 Å². The number of aromatic hydroxyl groups is 1. The van der Waals surface area contributed by atoms with Gasteiger partial charge in [0.25, 0.3) is 0 Å². The fraction of sp³-hybridized carbons (Fsp3) is 0.200. The van der Waals surface area contributed by atoms with E-state index >= 15 is 0 Å². The third-order valence-electron chi connectivity index (χ3n) is 3.15. The molecular weight excluding hydrogens is 276 g/mol. The van der Waals surface area contributed by atoms with Crippen molar-refractivity contribution in [3.8, 4) is 17.2 Å². The van der Waals surface area contributed by atoms with Crippen LogP contribution in [0.25, 0.3) is 10.8 Å². The van der Waals surface area contributed by atoms with Crippen LogP contribution in [0.5, 0.6) is 17.2 Å². The number of hydrogen-bond donors (Lipinski definition) is 1. The lowest BCUT2D eigenvalue weighted by Crippen LogP contribution is -2.03. The van der Waals surface area contributed by atoms with Crippen LogP contribution in [0.3, 0.4) is 0 Å². The number of hydrogen-bond acceptors (Lipinski definition) is 6. The molecule has 6 nitrogen and oxygen atoms in total. The van der Waals surface area contributed by atoms with E-state index in [9.17, 15) is 14.7 Å². The molecular formula is C15H12O6. The van der Waals surface area contributed by atoms with Crippen LogP contribution >= 0.6 is 0 Å². The van der Waals surface area contributed by atoms with Gasteiger partial charge in [-0.1, -0.05) is 6.07 Å². The summed E-state index contributed by atoms with van der Waals surface area (Å²) in [7, 11) is 0. The number of carbonyl (C=O) groups excluding carboxylic acids is 1. The molecule has 108 valence electrons. The molecule has 0 saturated heterocycles. The Bertz CT molecular complexity index is 796. The molecule has 2 aromatic rings. The summed E-state index contributed by atoms with van der Waals surface area (Å²) in [6, 6.07) is 5.86. The molecule has 3 rings (SSSR count). The normalized spacial score (nSPS) is 12.4. The molecule has 6 heteroatoms. The van der Waals surface area contributed by atoms with Gasteiger partial charge < -0.3 is 19.3 Å². The van der Waals surface area contributed by atoms with E-state index in [1.807, 2.05) is 0 Å². The van der Waals surface area contributed by atoms with Gasteiger partial charge in [-0.25, -0.2) is 4.79 Å². The minimum Gasteiger partial charge on any atom is -0.504 e. The quantitative estimate of drug-likeness (QED) is 0.849. The van der Waals surface area contributed by atoms with E-state index in [0.29, 0.717) is 11.1 Å². The van der Waals surface area contributed by atoms with Crippen LogP contribution in [0.2, 0.25) is 0 Å². The molecule has 0 amide bonds. The second-order valence-corrected chi connectivity index (χ2v) is 4.44. The summed E-state index contributed by atoms with van der Waals surface area (Å²) >= 11 is 0. The Morgan fingerprint density at radius 1 is 1.33 bits per heavy atom. The minimum atomic E-state index is -0.622. The highest BCUT2D eigenvalue weighted by Gasteiger charge is 2.20. The molecule has 1 aliphatic rings. The second kappa shape index (κ2) is 4.97. The Labute approximate surface area is 119 Å². The summed E-state index contributed by atoms with van der Waals surface area (Å²) in [4.78, 5) is 24.1. The van der Waals surface area contributed by atoms with E-state index in [1.54, 1.807) is 19.1 Å². The van der Waals surface area contributed by atoms with E-state index in [0.717, 1.165) is 6.07 Å². The Kier molecular flexibility index (Phi) is 3.13. The van der Waals surface area contributed by atoms with Gasteiger partial charge in [0, 0.05) is 0 Å². The molecule has 0 aromatic heterocycles. The first-order valence-electron chi connectivity index (χ1n) is 6.38. The van der Waals surface area contributed by atoms with Gasteiger partial charge in [-0.05, 0) is 30.5 Å². The molecule has 1 aliphatic heterocycles. The molecule has 21 heavy (non-hydrogen) atoms. The number of rotatable bonds is 2. The van der Waals surface area contributed by atoms with Gasteiger partial charge in [0.2, 0.25) is 12.2 Å². The van der Waals surface area contributed by atoms with Crippen molar-refractivity contribution >= 4 is 16.7 Å². The molecule has 1 N–H and O–H groups in total. The Balaban J connectivity index is 2.35. The van der Waals surface area contributed by atoms with Crippen LogP contribution in [0.1, 0.15) is 17.3 Å². The first-order chi connectivity index (χ1) is 10.1. The van der Waals surface area contributed by atoms with Crippen LogP contribution in [0.15, 0.2) is 29.1 Å². The van der Waals surface area contributed by atoms with Crippen molar-refractivity contribution in [2.45, 2.75) is 6.92 Å². The molecule has 0 fully saturated rings. The Hall–Kier alpha value is -2.76. The summed E-state index contributed by atoms with van der Waals surface area (Å²) < 4.78 is 15.4. The average Bonchev–Trinajstić information content (AvgIpc) is 2.89. The Morgan fingerprint density at radius 3 is 2.90 bits per heavy atom. The van der Waals surface area contributed by atoms with E-state index < -0.39 is 17.1 Å². The zero-order valence-corrected chi connectivity index (χ0v) is 11.2. The van der Waals surface area contributed by atoms with Crippen LogP contribution in [0, 0.1) is 0 Å². The van der Waals surface area contributed by atoms with Crippen molar-refractivity contribution in [3.63, 3.8) is 0 Å². The van der Waals surface area contributed by atoms with E-state index in [1.165, 1.54) is 6.07 Å². The number of benzene rings is 1. The number of esters is 1. The van der Waals surface area contributed by atoms with Gasteiger partial charge in [0.1, 0.15) is 0 Å².